The third-order valence-electron chi connectivity index (χ3n) is 7.10. The standard InChI is InChI=1S/C26H35N3O5S2/c1-20-12-15-28(16-13-20)36(33,34)25-7-3-6-22(17-25)26(30)18-27-23-8-10-24(11-9-23)35(31,32)29-14-4-5-21(2)19-29/h3,6-11,17,20-21,27H,4-5,12-16,18-19H2,1-2H3. The Morgan fingerprint density at radius 1 is 0.833 bits per heavy atom. The van der Waals surface area contributed by atoms with E-state index in [0.29, 0.717) is 49.3 Å². The molecule has 1 atom stereocenters. The molecule has 0 bridgehead atoms. The highest BCUT2D eigenvalue weighted by Crippen LogP contribution is 2.26. The average molecular weight is 534 g/mol. The number of rotatable bonds is 8. The van der Waals surface area contributed by atoms with Crippen LogP contribution in [0.25, 0.3) is 0 Å². The zero-order chi connectivity index (χ0) is 25.9. The Morgan fingerprint density at radius 3 is 2.17 bits per heavy atom. The lowest BCUT2D eigenvalue weighted by atomic mass is 10.0. The van der Waals surface area contributed by atoms with Gasteiger partial charge in [-0.25, -0.2) is 16.8 Å². The third kappa shape index (κ3) is 5.99. The molecule has 0 aromatic heterocycles. The lowest BCUT2D eigenvalue weighted by Crippen LogP contribution is -2.39. The van der Waals surface area contributed by atoms with Gasteiger partial charge in [-0.1, -0.05) is 26.0 Å². The van der Waals surface area contributed by atoms with Crippen molar-refractivity contribution in [2.45, 2.75) is 49.3 Å². The van der Waals surface area contributed by atoms with Gasteiger partial charge in [-0.3, -0.25) is 4.79 Å². The lowest BCUT2D eigenvalue weighted by Gasteiger charge is -2.30. The molecule has 36 heavy (non-hydrogen) atoms. The van der Waals surface area contributed by atoms with Crippen molar-refractivity contribution >= 4 is 31.5 Å². The summed E-state index contributed by atoms with van der Waals surface area (Å²) in [5, 5.41) is 3.02. The zero-order valence-corrected chi connectivity index (χ0v) is 22.5. The predicted molar refractivity (Wildman–Crippen MR) is 140 cm³/mol. The number of hydrogen-bond donors (Lipinski definition) is 1. The molecule has 0 aliphatic carbocycles. The van der Waals surface area contributed by atoms with Gasteiger partial charge in [0, 0.05) is 37.4 Å². The average Bonchev–Trinajstić information content (AvgIpc) is 2.88. The Labute approximate surface area is 214 Å². The molecule has 0 saturated carbocycles. The highest BCUT2D eigenvalue weighted by Gasteiger charge is 2.29. The van der Waals surface area contributed by atoms with E-state index in [0.717, 1.165) is 25.7 Å². The summed E-state index contributed by atoms with van der Waals surface area (Å²) in [6.07, 6.45) is 3.56. The van der Waals surface area contributed by atoms with Crippen molar-refractivity contribution < 1.29 is 21.6 Å². The second-order valence-corrected chi connectivity index (χ2v) is 13.9. The van der Waals surface area contributed by atoms with E-state index in [1.165, 1.54) is 16.4 Å². The molecule has 1 N–H and O–H groups in total. The lowest BCUT2D eigenvalue weighted by molar-refractivity contribution is 0.101. The molecule has 2 aliphatic rings. The van der Waals surface area contributed by atoms with E-state index >= 15 is 0 Å². The Bertz CT molecular complexity index is 1290. The van der Waals surface area contributed by atoms with E-state index in [9.17, 15) is 21.6 Å². The number of Topliss-reactive ketones (excluding diaryl/α,β-unsaturated/α-hetero) is 1. The van der Waals surface area contributed by atoms with Crippen LogP contribution in [-0.4, -0.2) is 64.0 Å². The van der Waals surface area contributed by atoms with Gasteiger partial charge in [0.25, 0.3) is 0 Å². The van der Waals surface area contributed by atoms with Gasteiger partial charge in [0.05, 0.1) is 16.3 Å². The smallest absolute Gasteiger partial charge is 0.243 e. The molecule has 0 amide bonds. The van der Waals surface area contributed by atoms with Gasteiger partial charge in [-0.05, 0) is 73.9 Å². The van der Waals surface area contributed by atoms with Gasteiger partial charge in [0.1, 0.15) is 0 Å². The van der Waals surface area contributed by atoms with Gasteiger partial charge in [-0.15, -0.1) is 0 Å². The van der Waals surface area contributed by atoms with Crippen molar-refractivity contribution in [2.75, 3.05) is 38.0 Å². The van der Waals surface area contributed by atoms with Crippen molar-refractivity contribution in [3.05, 3.63) is 54.1 Å². The monoisotopic (exact) mass is 533 g/mol. The van der Waals surface area contributed by atoms with Gasteiger partial charge in [0.15, 0.2) is 5.78 Å². The highest BCUT2D eigenvalue weighted by atomic mass is 32.2. The molecule has 2 heterocycles. The Kier molecular flexibility index (Phi) is 8.18. The maximum absolute atomic E-state index is 13.0. The zero-order valence-electron chi connectivity index (χ0n) is 20.9. The third-order valence-corrected chi connectivity index (χ3v) is 10.9. The molecule has 0 spiro atoms. The van der Waals surface area contributed by atoms with E-state index in [2.05, 4.69) is 19.2 Å². The van der Waals surface area contributed by atoms with Crippen LogP contribution >= 0.6 is 0 Å². The van der Waals surface area contributed by atoms with Crippen molar-refractivity contribution in [1.29, 1.82) is 0 Å². The maximum Gasteiger partial charge on any atom is 0.243 e. The summed E-state index contributed by atoms with van der Waals surface area (Å²) in [4.78, 5) is 13.2. The predicted octanol–water partition coefficient (Wildman–Crippen LogP) is 3.82. The number of sulfonamides is 2. The molecule has 2 fully saturated rings. The summed E-state index contributed by atoms with van der Waals surface area (Å²) < 4.78 is 55.0. The van der Waals surface area contributed by atoms with E-state index in [4.69, 9.17) is 0 Å². The van der Waals surface area contributed by atoms with Crippen molar-refractivity contribution in [3.8, 4) is 0 Å². The Hall–Kier alpha value is -2.27. The maximum atomic E-state index is 13.0. The fraction of sp³-hybridized carbons (Fsp3) is 0.500. The highest BCUT2D eigenvalue weighted by molar-refractivity contribution is 7.89. The molecular formula is C26H35N3O5S2. The molecule has 0 radical (unpaired) electrons. The number of hydrogen-bond acceptors (Lipinski definition) is 6. The molecule has 2 aromatic rings. The second kappa shape index (κ2) is 11.0. The summed E-state index contributed by atoms with van der Waals surface area (Å²) in [5.41, 5.74) is 0.924. The number of benzene rings is 2. The minimum Gasteiger partial charge on any atom is -0.378 e. The fourth-order valence-electron chi connectivity index (χ4n) is 4.75. The van der Waals surface area contributed by atoms with E-state index in [-0.39, 0.29) is 22.1 Å². The van der Waals surface area contributed by atoms with Crippen LogP contribution in [0.1, 0.15) is 49.9 Å². The van der Waals surface area contributed by atoms with Crippen LogP contribution in [0.3, 0.4) is 0 Å². The van der Waals surface area contributed by atoms with Crippen LogP contribution in [0.5, 0.6) is 0 Å². The van der Waals surface area contributed by atoms with Gasteiger partial charge >= 0.3 is 0 Å². The molecule has 10 heteroatoms. The fourth-order valence-corrected chi connectivity index (χ4v) is 7.86. The van der Waals surface area contributed by atoms with Crippen LogP contribution in [0.15, 0.2) is 58.3 Å². The molecule has 2 aliphatic heterocycles. The van der Waals surface area contributed by atoms with Gasteiger partial charge in [-0.2, -0.15) is 8.61 Å². The number of ketones is 1. The quantitative estimate of drug-likeness (QED) is 0.518. The largest absolute Gasteiger partial charge is 0.378 e. The number of carbonyl (C=O) groups excluding carboxylic acids is 1. The summed E-state index contributed by atoms with van der Waals surface area (Å²) in [5.74, 6) is 0.605. The summed E-state index contributed by atoms with van der Waals surface area (Å²) in [6, 6.07) is 12.6. The number of nitrogens with one attached hydrogen (secondary N) is 1. The van der Waals surface area contributed by atoms with Crippen molar-refractivity contribution in [2.24, 2.45) is 11.8 Å². The van der Waals surface area contributed by atoms with Gasteiger partial charge < -0.3 is 5.32 Å². The first-order valence-corrected chi connectivity index (χ1v) is 15.4. The molecular weight excluding hydrogens is 498 g/mol. The second-order valence-electron chi connectivity index (χ2n) is 10.0. The first kappa shape index (κ1) is 26.8. The van der Waals surface area contributed by atoms with E-state index in [1.54, 1.807) is 40.7 Å². The SMILES string of the molecule is CC1CCN(S(=O)(=O)c2cccc(C(=O)CNc3ccc(S(=O)(=O)N4CCCC(C)C4)cc3)c2)CC1. The van der Waals surface area contributed by atoms with Crippen molar-refractivity contribution in [3.63, 3.8) is 0 Å². The molecule has 2 aromatic carbocycles. The van der Waals surface area contributed by atoms with E-state index in [1.807, 2.05) is 0 Å². The van der Waals surface area contributed by atoms with Crippen LogP contribution in [-0.2, 0) is 20.0 Å². The first-order valence-electron chi connectivity index (χ1n) is 12.5. The number of nitrogens with zero attached hydrogens (tertiary/aromatic N) is 2. The first-order chi connectivity index (χ1) is 17.1. The number of carbonyl (C=O) groups is 1. The van der Waals surface area contributed by atoms with Crippen LogP contribution in [0, 0.1) is 11.8 Å². The van der Waals surface area contributed by atoms with Crippen LogP contribution in [0.4, 0.5) is 5.69 Å². The normalized spacial score (nSPS) is 20.8. The summed E-state index contributed by atoms with van der Waals surface area (Å²) >= 11 is 0. The molecule has 196 valence electrons. The summed E-state index contributed by atoms with van der Waals surface area (Å²) in [6.45, 7) is 6.19. The van der Waals surface area contributed by atoms with Crippen molar-refractivity contribution in [1.82, 2.24) is 8.61 Å². The number of piperidine rings is 2. The van der Waals surface area contributed by atoms with Gasteiger partial charge in [0.2, 0.25) is 20.0 Å². The number of anilines is 1. The van der Waals surface area contributed by atoms with E-state index < -0.39 is 20.0 Å². The Morgan fingerprint density at radius 2 is 1.50 bits per heavy atom. The topological polar surface area (TPSA) is 104 Å². The summed E-state index contributed by atoms with van der Waals surface area (Å²) in [7, 11) is -7.18. The minimum atomic E-state index is -3.64. The van der Waals surface area contributed by atoms with Crippen LogP contribution in [0.2, 0.25) is 0 Å². The minimum absolute atomic E-state index is 0.0412. The molecule has 2 saturated heterocycles. The molecule has 1 unspecified atom stereocenters. The molecule has 4 rings (SSSR count). The molecule has 8 nitrogen and oxygen atoms in total. The Balaban J connectivity index is 1.39. The van der Waals surface area contributed by atoms with Crippen LogP contribution < -0.4 is 5.32 Å².